The van der Waals surface area contributed by atoms with E-state index in [2.05, 4.69) is 0 Å². The van der Waals surface area contributed by atoms with Crippen molar-refractivity contribution in [3.05, 3.63) is 30.1 Å². The lowest BCUT2D eigenvalue weighted by Gasteiger charge is -2.11. The van der Waals surface area contributed by atoms with Crippen LogP contribution in [-0.4, -0.2) is 18.4 Å². The molecular formula is C10H8ClFO3S. The van der Waals surface area contributed by atoms with Gasteiger partial charge >= 0.3 is 0 Å². The molecule has 1 fully saturated rings. The fraction of sp³-hybridized carbons (Fsp3) is 0.300. The smallest absolute Gasteiger partial charge is 0.243 e. The van der Waals surface area contributed by atoms with E-state index < -0.39 is 25.6 Å². The zero-order valence-corrected chi connectivity index (χ0v) is 9.68. The van der Waals surface area contributed by atoms with Crippen molar-refractivity contribution >= 4 is 26.7 Å². The lowest BCUT2D eigenvalue weighted by Crippen LogP contribution is -2.29. The first-order chi connectivity index (χ1) is 7.40. The minimum absolute atomic E-state index is 0.0691. The molecule has 0 aliphatic heterocycles. The van der Waals surface area contributed by atoms with Gasteiger partial charge in [0.2, 0.25) is 5.24 Å². The molecule has 0 radical (unpaired) electrons. The van der Waals surface area contributed by atoms with Crippen molar-refractivity contribution in [2.24, 2.45) is 0 Å². The normalized spacial score (nSPS) is 18.1. The van der Waals surface area contributed by atoms with Gasteiger partial charge in [-0.25, -0.2) is 12.8 Å². The number of halogens is 2. The predicted molar refractivity (Wildman–Crippen MR) is 56.4 cm³/mol. The Labute approximate surface area is 97.1 Å². The maximum absolute atomic E-state index is 12.7. The van der Waals surface area contributed by atoms with Crippen LogP contribution in [0.4, 0.5) is 4.39 Å². The van der Waals surface area contributed by atoms with Crippen molar-refractivity contribution in [3.8, 4) is 0 Å². The van der Waals surface area contributed by atoms with Gasteiger partial charge in [0.05, 0.1) is 4.90 Å². The fourth-order valence-corrected chi connectivity index (χ4v) is 3.81. The summed E-state index contributed by atoms with van der Waals surface area (Å²) in [6.07, 6.45) is 0.462. The van der Waals surface area contributed by atoms with Gasteiger partial charge in [0.25, 0.3) is 0 Å². The zero-order valence-electron chi connectivity index (χ0n) is 8.11. The summed E-state index contributed by atoms with van der Waals surface area (Å²) in [5.41, 5.74) is 0. The van der Waals surface area contributed by atoms with Gasteiger partial charge in [-0.3, -0.25) is 4.79 Å². The number of rotatable bonds is 3. The highest BCUT2D eigenvalue weighted by Crippen LogP contribution is 2.48. The van der Waals surface area contributed by atoms with Crippen molar-refractivity contribution in [2.45, 2.75) is 22.5 Å². The summed E-state index contributed by atoms with van der Waals surface area (Å²) in [4.78, 5) is 11.1. The van der Waals surface area contributed by atoms with Gasteiger partial charge in [-0.1, -0.05) is 0 Å². The number of carbonyl (C=O) groups is 1. The van der Waals surface area contributed by atoms with Crippen LogP contribution in [0.3, 0.4) is 0 Å². The molecular weight excluding hydrogens is 255 g/mol. The van der Waals surface area contributed by atoms with Crippen molar-refractivity contribution < 1.29 is 17.6 Å². The summed E-state index contributed by atoms with van der Waals surface area (Å²) in [6, 6.07) is 4.37. The van der Waals surface area contributed by atoms with Crippen LogP contribution in [0.2, 0.25) is 0 Å². The Morgan fingerprint density at radius 1 is 1.25 bits per heavy atom. The maximum Gasteiger partial charge on any atom is 0.243 e. The zero-order chi connectivity index (χ0) is 12.0. The Balaban J connectivity index is 2.48. The van der Waals surface area contributed by atoms with Crippen LogP contribution in [0.1, 0.15) is 12.8 Å². The number of benzene rings is 1. The minimum atomic E-state index is -3.79. The lowest BCUT2D eigenvalue weighted by atomic mass is 10.3. The molecule has 3 nitrogen and oxygen atoms in total. The molecule has 1 saturated carbocycles. The molecule has 2 rings (SSSR count). The van der Waals surface area contributed by atoms with Crippen LogP contribution in [-0.2, 0) is 14.6 Å². The highest BCUT2D eigenvalue weighted by Gasteiger charge is 2.60. The van der Waals surface area contributed by atoms with Gasteiger partial charge < -0.3 is 0 Å². The first-order valence-corrected chi connectivity index (χ1v) is 6.46. The van der Waals surface area contributed by atoms with E-state index in [4.69, 9.17) is 11.6 Å². The second-order valence-electron chi connectivity index (χ2n) is 3.73. The first-order valence-electron chi connectivity index (χ1n) is 4.60. The van der Waals surface area contributed by atoms with Crippen molar-refractivity contribution in [1.82, 2.24) is 0 Å². The second-order valence-corrected chi connectivity index (χ2v) is 6.33. The number of carbonyl (C=O) groups excluding carboxylic acids is 1. The Hall–Kier alpha value is -0.940. The summed E-state index contributed by atoms with van der Waals surface area (Å²) in [5, 5.41) is -0.864. The third-order valence-corrected chi connectivity index (χ3v) is 5.69. The van der Waals surface area contributed by atoms with E-state index in [9.17, 15) is 17.6 Å². The maximum atomic E-state index is 12.7. The SMILES string of the molecule is O=C(Cl)C1(S(=O)(=O)c2ccc(F)cc2)CC1. The number of sulfone groups is 1. The van der Waals surface area contributed by atoms with Crippen LogP contribution in [0.25, 0.3) is 0 Å². The lowest BCUT2D eigenvalue weighted by molar-refractivity contribution is -0.111. The van der Waals surface area contributed by atoms with Gasteiger partial charge in [0.1, 0.15) is 5.82 Å². The van der Waals surface area contributed by atoms with Crippen molar-refractivity contribution in [2.75, 3.05) is 0 Å². The summed E-state index contributed by atoms with van der Waals surface area (Å²) in [7, 11) is -3.79. The molecule has 1 aliphatic rings. The molecule has 6 heteroatoms. The molecule has 0 heterocycles. The predicted octanol–water partition coefficient (Wildman–Crippen LogP) is 1.90. The fourth-order valence-electron chi connectivity index (χ4n) is 1.52. The van der Waals surface area contributed by atoms with E-state index in [-0.39, 0.29) is 17.7 Å². The summed E-state index contributed by atoms with van der Waals surface area (Å²) in [6.45, 7) is 0. The van der Waals surface area contributed by atoms with E-state index in [1.807, 2.05) is 0 Å². The summed E-state index contributed by atoms with van der Waals surface area (Å²) in [5.74, 6) is -0.527. The third-order valence-electron chi connectivity index (χ3n) is 2.70. The van der Waals surface area contributed by atoms with Gasteiger partial charge in [-0.05, 0) is 48.7 Å². The van der Waals surface area contributed by atoms with E-state index in [1.54, 1.807) is 0 Å². The monoisotopic (exact) mass is 262 g/mol. The topological polar surface area (TPSA) is 51.2 Å². The summed E-state index contributed by atoms with van der Waals surface area (Å²) >= 11 is 5.31. The molecule has 16 heavy (non-hydrogen) atoms. The Kier molecular flexibility index (Phi) is 2.55. The van der Waals surface area contributed by atoms with Crippen LogP contribution in [0, 0.1) is 5.82 Å². The Bertz CT molecular complexity index is 532. The molecule has 1 aromatic carbocycles. The molecule has 0 atom stereocenters. The Morgan fingerprint density at radius 2 is 1.75 bits per heavy atom. The third kappa shape index (κ3) is 1.55. The highest BCUT2D eigenvalue weighted by atomic mass is 35.5. The molecule has 0 spiro atoms. The van der Waals surface area contributed by atoms with Crippen LogP contribution in [0.15, 0.2) is 29.2 Å². The molecule has 1 aliphatic carbocycles. The van der Waals surface area contributed by atoms with Crippen molar-refractivity contribution in [1.29, 1.82) is 0 Å². The van der Waals surface area contributed by atoms with Gasteiger partial charge in [0, 0.05) is 0 Å². The molecule has 1 aromatic rings. The molecule has 0 bridgehead atoms. The standard InChI is InChI=1S/C10H8ClFO3S/c11-9(13)10(5-6-10)16(14,15)8-3-1-7(12)2-4-8/h1-4H,5-6H2. The summed E-state index contributed by atoms with van der Waals surface area (Å²) < 4.78 is 35.3. The van der Waals surface area contributed by atoms with Crippen molar-refractivity contribution in [3.63, 3.8) is 0 Å². The average Bonchev–Trinajstić information content (AvgIpc) is 2.98. The van der Waals surface area contributed by atoms with E-state index in [0.29, 0.717) is 0 Å². The van der Waals surface area contributed by atoms with Gasteiger partial charge in [-0.15, -0.1) is 0 Å². The van der Waals surface area contributed by atoms with Crippen LogP contribution >= 0.6 is 11.6 Å². The largest absolute Gasteiger partial charge is 0.279 e. The highest BCUT2D eigenvalue weighted by molar-refractivity contribution is 7.94. The molecule has 0 saturated heterocycles. The first kappa shape index (κ1) is 11.5. The molecule has 0 amide bonds. The molecule has 86 valence electrons. The van der Waals surface area contributed by atoms with Crippen LogP contribution < -0.4 is 0 Å². The number of hydrogen-bond donors (Lipinski definition) is 0. The quantitative estimate of drug-likeness (QED) is 0.617. The molecule has 0 unspecified atom stereocenters. The minimum Gasteiger partial charge on any atom is -0.279 e. The Morgan fingerprint density at radius 3 is 2.12 bits per heavy atom. The van der Waals surface area contributed by atoms with Crippen LogP contribution in [0.5, 0.6) is 0 Å². The molecule has 0 N–H and O–H groups in total. The van der Waals surface area contributed by atoms with Gasteiger partial charge in [0.15, 0.2) is 14.6 Å². The second kappa shape index (κ2) is 3.53. The van der Waals surface area contributed by atoms with E-state index >= 15 is 0 Å². The van der Waals surface area contributed by atoms with E-state index in [1.165, 1.54) is 0 Å². The van der Waals surface area contributed by atoms with Gasteiger partial charge in [-0.2, -0.15) is 0 Å². The number of hydrogen-bond acceptors (Lipinski definition) is 3. The molecule has 0 aromatic heterocycles. The average molecular weight is 263 g/mol. The van der Waals surface area contributed by atoms with E-state index in [0.717, 1.165) is 24.3 Å².